The lowest BCUT2D eigenvalue weighted by atomic mass is 10.1. The summed E-state index contributed by atoms with van der Waals surface area (Å²) in [5, 5.41) is 5.52. The second-order valence-electron chi connectivity index (χ2n) is 4.43. The minimum atomic E-state index is 0.300. The first-order valence-electron chi connectivity index (χ1n) is 5.91. The molecule has 92 valence electrons. The zero-order chi connectivity index (χ0) is 12.3. The van der Waals surface area contributed by atoms with E-state index in [2.05, 4.69) is 30.7 Å². The first-order valence-corrected chi connectivity index (χ1v) is 7.67. The Morgan fingerprint density at radius 3 is 2.88 bits per heavy atom. The van der Waals surface area contributed by atoms with Crippen LogP contribution in [-0.4, -0.2) is 11.0 Å². The minimum absolute atomic E-state index is 0.300. The monoisotopic (exact) mass is 266 g/mol. The molecule has 0 aliphatic heterocycles. The van der Waals surface area contributed by atoms with Gasteiger partial charge in [0, 0.05) is 11.4 Å². The summed E-state index contributed by atoms with van der Waals surface area (Å²) in [7, 11) is 0. The molecular formula is C13H18N2S2. The Labute approximate surface area is 111 Å². The first kappa shape index (κ1) is 12.7. The predicted molar refractivity (Wildman–Crippen MR) is 76.8 cm³/mol. The summed E-state index contributed by atoms with van der Waals surface area (Å²) in [6, 6.07) is 2.45. The number of nitrogens with zero attached hydrogens (tertiary/aromatic N) is 1. The topological polar surface area (TPSA) is 38.9 Å². The van der Waals surface area contributed by atoms with Gasteiger partial charge in [-0.25, -0.2) is 4.98 Å². The number of aryl methyl sites for hydroxylation is 2. The van der Waals surface area contributed by atoms with E-state index >= 15 is 0 Å². The van der Waals surface area contributed by atoms with Crippen molar-refractivity contribution in [2.45, 2.75) is 39.2 Å². The summed E-state index contributed by atoms with van der Waals surface area (Å²) in [4.78, 5) is 6.00. The average Bonchev–Trinajstić information content (AvgIpc) is 2.86. The van der Waals surface area contributed by atoms with E-state index in [1.165, 1.54) is 15.4 Å². The van der Waals surface area contributed by atoms with E-state index in [1.807, 2.05) is 0 Å². The van der Waals surface area contributed by atoms with Crippen LogP contribution in [0.4, 0.5) is 0 Å². The molecule has 0 fully saturated rings. The standard InChI is InChI=1S/C13H18N2S2/c1-9-6-7-16-13(9)11-8-17-12(15-11)5-3-4-10(2)14/h6-8,10H,3-5,14H2,1-2H3. The molecule has 4 heteroatoms. The third-order valence-electron chi connectivity index (χ3n) is 2.70. The molecule has 1 atom stereocenters. The number of thiazole rings is 1. The maximum absolute atomic E-state index is 5.74. The SMILES string of the molecule is Cc1ccsc1-c1csc(CCCC(C)N)n1. The molecule has 2 rings (SSSR count). The molecule has 0 aliphatic rings. The molecule has 0 radical (unpaired) electrons. The number of rotatable bonds is 5. The Hall–Kier alpha value is -0.710. The lowest BCUT2D eigenvalue weighted by Crippen LogP contribution is -2.14. The summed E-state index contributed by atoms with van der Waals surface area (Å²) in [6.07, 6.45) is 3.26. The van der Waals surface area contributed by atoms with Gasteiger partial charge in [-0.1, -0.05) is 0 Å². The van der Waals surface area contributed by atoms with Crippen molar-refractivity contribution in [1.82, 2.24) is 4.98 Å². The summed E-state index contributed by atoms with van der Waals surface area (Å²) in [5.74, 6) is 0. The van der Waals surface area contributed by atoms with Crippen molar-refractivity contribution in [1.29, 1.82) is 0 Å². The van der Waals surface area contributed by atoms with Crippen LogP contribution in [0.15, 0.2) is 16.8 Å². The molecule has 0 amide bonds. The van der Waals surface area contributed by atoms with Crippen molar-refractivity contribution in [3.8, 4) is 10.6 Å². The summed E-state index contributed by atoms with van der Waals surface area (Å²) in [6.45, 7) is 4.20. The van der Waals surface area contributed by atoms with Crippen LogP contribution in [0.25, 0.3) is 10.6 Å². The second-order valence-corrected chi connectivity index (χ2v) is 6.29. The second kappa shape index (κ2) is 5.76. The fourth-order valence-electron chi connectivity index (χ4n) is 1.74. The molecule has 0 saturated carbocycles. The van der Waals surface area contributed by atoms with Crippen molar-refractivity contribution in [3.63, 3.8) is 0 Å². The molecule has 1 unspecified atom stereocenters. The molecular weight excluding hydrogens is 248 g/mol. The van der Waals surface area contributed by atoms with E-state index in [0.717, 1.165) is 25.0 Å². The van der Waals surface area contributed by atoms with E-state index in [4.69, 9.17) is 10.7 Å². The molecule has 0 aromatic carbocycles. The van der Waals surface area contributed by atoms with Gasteiger partial charge in [0.1, 0.15) is 0 Å². The highest BCUT2D eigenvalue weighted by Crippen LogP contribution is 2.30. The number of nitrogens with two attached hydrogens (primary N) is 1. The van der Waals surface area contributed by atoms with Gasteiger partial charge in [0.15, 0.2) is 0 Å². The maximum Gasteiger partial charge on any atom is 0.0932 e. The highest BCUT2D eigenvalue weighted by Gasteiger charge is 2.08. The maximum atomic E-state index is 5.74. The number of thiophene rings is 1. The molecule has 2 aromatic heterocycles. The third-order valence-corrected chi connectivity index (χ3v) is 4.64. The number of hydrogen-bond acceptors (Lipinski definition) is 4. The third kappa shape index (κ3) is 3.37. The molecule has 17 heavy (non-hydrogen) atoms. The molecule has 0 saturated heterocycles. The zero-order valence-corrected chi connectivity index (χ0v) is 11.9. The van der Waals surface area contributed by atoms with E-state index < -0.39 is 0 Å². The van der Waals surface area contributed by atoms with Gasteiger partial charge in [-0.3, -0.25) is 0 Å². The van der Waals surface area contributed by atoms with Crippen molar-refractivity contribution in [2.24, 2.45) is 5.73 Å². The Bertz CT molecular complexity index is 471. The van der Waals surface area contributed by atoms with Gasteiger partial charge in [0.25, 0.3) is 0 Å². The highest BCUT2D eigenvalue weighted by molar-refractivity contribution is 7.14. The van der Waals surface area contributed by atoms with Gasteiger partial charge in [-0.15, -0.1) is 22.7 Å². The van der Waals surface area contributed by atoms with Crippen LogP contribution < -0.4 is 5.73 Å². The van der Waals surface area contributed by atoms with Gasteiger partial charge in [0.2, 0.25) is 0 Å². The quantitative estimate of drug-likeness (QED) is 0.892. The fourth-order valence-corrected chi connectivity index (χ4v) is 3.53. The highest BCUT2D eigenvalue weighted by atomic mass is 32.1. The van der Waals surface area contributed by atoms with Crippen LogP contribution in [0, 0.1) is 6.92 Å². The van der Waals surface area contributed by atoms with Crippen LogP contribution >= 0.6 is 22.7 Å². The molecule has 2 nitrogen and oxygen atoms in total. The van der Waals surface area contributed by atoms with Crippen LogP contribution in [0.3, 0.4) is 0 Å². The Morgan fingerprint density at radius 2 is 2.24 bits per heavy atom. The minimum Gasteiger partial charge on any atom is -0.328 e. The molecule has 2 aromatic rings. The van der Waals surface area contributed by atoms with Crippen molar-refractivity contribution in [3.05, 3.63) is 27.4 Å². The van der Waals surface area contributed by atoms with Gasteiger partial charge in [-0.2, -0.15) is 0 Å². The largest absolute Gasteiger partial charge is 0.328 e. The lowest BCUT2D eigenvalue weighted by molar-refractivity contribution is 0.623. The Balaban J connectivity index is 1.99. The van der Waals surface area contributed by atoms with E-state index in [0.29, 0.717) is 6.04 Å². The fraction of sp³-hybridized carbons (Fsp3) is 0.462. The van der Waals surface area contributed by atoms with Crippen molar-refractivity contribution in [2.75, 3.05) is 0 Å². The van der Waals surface area contributed by atoms with E-state index in [9.17, 15) is 0 Å². The average molecular weight is 266 g/mol. The van der Waals surface area contributed by atoms with Crippen LogP contribution in [0.1, 0.15) is 30.3 Å². The molecule has 0 bridgehead atoms. The molecule has 0 spiro atoms. The van der Waals surface area contributed by atoms with Crippen LogP contribution in [-0.2, 0) is 6.42 Å². The lowest BCUT2D eigenvalue weighted by Gasteiger charge is -2.01. The first-order chi connectivity index (χ1) is 8.16. The molecule has 2 heterocycles. The van der Waals surface area contributed by atoms with Crippen molar-refractivity contribution < 1.29 is 0 Å². The Morgan fingerprint density at radius 1 is 1.41 bits per heavy atom. The van der Waals surface area contributed by atoms with E-state index in [-0.39, 0.29) is 0 Å². The molecule has 0 aliphatic carbocycles. The number of hydrogen-bond donors (Lipinski definition) is 1. The van der Waals surface area contributed by atoms with E-state index in [1.54, 1.807) is 22.7 Å². The normalized spacial score (nSPS) is 12.9. The molecule has 2 N–H and O–H groups in total. The Kier molecular flexibility index (Phi) is 4.31. The van der Waals surface area contributed by atoms with Crippen LogP contribution in [0.5, 0.6) is 0 Å². The predicted octanol–water partition coefficient (Wildman–Crippen LogP) is 3.85. The summed E-state index contributed by atoms with van der Waals surface area (Å²) in [5.41, 5.74) is 8.20. The number of aromatic nitrogens is 1. The summed E-state index contributed by atoms with van der Waals surface area (Å²) >= 11 is 3.53. The smallest absolute Gasteiger partial charge is 0.0932 e. The summed E-state index contributed by atoms with van der Waals surface area (Å²) < 4.78 is 0. The van der Waals surface area contributed by atoms with Gasteiger partial charge in [-0.05, 0) is 50.1 Å². The van der Waals surface area contributed by atoms with Gasteiger partial charge in [0.05, 0.1) is 15.6 Å². The van der Waals surface area contributed by atoms with Gasteiger partial charge < -0.3 is 5.73 Å². The van der Waals surface area contributed by atoms with Gasteiger partial charge >= 0.3 is 0 Å². The zero-order valence-electron chi connectivity index (χ0n) is 10.3. The van der Waals surface area contributed by atoms with Crippen molar-refractivity contribution >= 4 is 22.7 Å². The van der Waals surface area contributed by atoms with Crippen LogP contribution in [0.2, 0.25) is 0 Å².